The van der Waals surface area contributed by atoms with Crippen LogP contribution in [-0.2, 0) is 16.1 Å². The van der Waals surface area contributed by atoms with Crippen LogP contribution in [0.1, 0.15) is 36.5 Å². The largest absolute Gasteiger partial charge is 0.376 e. The molecular formula is C19H24N2O3. The number of aromatic amines is 1. The first kappa shape index (κ1) is 16.7. The second kappa shape index (κ2) is 6.77. The summed E-state index contributed by atoms with van der Waals surface area (Å²) in [7, 11) is 0. The molecule has 5 heteroatoms. The molecular weight excluding hydrogens is 304 g/mol. The molecule has 0 saturated carbocycles. The fraction of sp³-hybridized carbons (Fsp3) is 0.474. The number of nitrogens with zero attached hydrogens (tertiary/aromatic N) is 1. The third-order valence-corrected chi connectivity index (χ3v) is 4.64. The molecule has 1 atom stereocenters. The first-order chi connectivity index (χ1) is 11.4. The Morgan fingerprint density at radius 3 is 2.79 bits per heavy atom. The zero-order chi connectivity index (χ0) is 17.3. The second-order valence-corrected chi connectivity index (χ2v) is 6.70. The maximum Gasteiger partial charge on any atom is 0.253 e. The molecule has 0 radical (unpaired) electrons. The van der Waals surface area contributed by atoms with Gasteiger partial charge < -0.3 is 14.6 Å². The van der Waals surface area contributed by atoms with Crippen molar-refractivity contribution in [2.24, 2.45) is 0 Å². The van der Waals surface area contributed by atoms with Gasteiger partial charge in [-0.15, -0.1) is 0 Å². The van der Waals surface area contributed by atoms with Gasteiger partial charge in [0, 0.05) is 36.5 Å². The average molecular weight is 328 g/mol. The molecule has 2 heterocycles. The maximum absolute atomic E-state index is 12.4. The lowest BCUT2D eigenvalue weighted by Crippen LogP contribution is -2.36. The summed E-state index contributed by atoms with van der Waals surface area (Å²) < 4.78 is 5.62. The highest BCUT2D eigenvalue weighted by Gasteiger charge is 2.21. The standard InChI is InChI=1S/C19H24N2O3/c1-12-7-13(2)17-9-15(19(23)20-18(17)8-12)10-21(14(3)22)11-16-5-4-6-24-16/h7-9,16H,4-6,10-11H2,1-3H3,(H,20,23)/t16-/m1/s1. The number of benzene rings is 1. The first-order valence-electron chi connectivity index (χ1n) is 8.44. The molecule has 1 aliphatic rings. The number of ether oxygens (including phenoxy) is 1. The van der Waals surface area contributed by atoms with Gasteiger partial charge in [0.2, 0.25) is 5.91 Å². The second-order valence-electron chi connectivity index (χ2n) is 6.70. The van der Waals surface area contributed by atoms with E-state index < -0.39 is 0 Å². The summed E-state index contributed by atoms with van der Waals surface area (Å²) in [6, 6.07) is 5.98. The number of nitrogens with one attached hydrogen (secondary N) is 1. The summed E-state index contributed by atoms with van der Waals surface area (Å²) in [4.78, 5) is 29.1. The Balaban J connectivity index is 1.90. The van der Waals surface area contributed by atoms with Gasteiger partial charge >= 0.3 is 0 Å². The number of pyridine rings is 1. The number of fused-ring (bicyclic) bond motifs is 1. The van der Waals surface area contributed by atoms with E-state index in [9.17, 15) is 9.59 Å². The molecule has 3 rings (SSSR count). The summed E-state index contributed by atoms with van der Waals surface area (Å²) in [5, 5.41) is 1.02. The van der Waals surface area contributed by atoms with Crippen LogP contribution in [0.15, 0.2) is 23.0 Å². The Morgan fingerprint density at radius 2 is 2.12 bits per heavy atom. The highest BCUT2D eigenvalue weighted by molar-refractivity contribution is 5.83. The normalized spacial score (nSPS) is 17.4. The Hall–Kier alpha value is -2.14. The molecule has 1 aliphatic heterocycles. The molecule has 1 aromatic carbocycles. The van der Waals surface area contributed by atoms with Gasteiger partial charge in [0.25, 0.3) is 5.56 Å². The van der Waals surface area contributed by atoms with Gasteiger partial charge in [0.1, 0.15) is 0 Å². The topological polar surface area (TPSA) is 62.4 Å². The molecule has 0 unspecified atom stereocenters. The van der Waals surface area contributed by atoms with E-state index in [1.165, 1.54) is 0 Å². The highest BCUT2D eigenvalue weighted by atomic mass is 16.5. The van der Waals surface area contributed by atoms with Crippen LogP contribution in [0, 0.1) is 13.8 Å². The number of amides is 1. The third-order valence-electron chi connectivity index (χ3n) is 4.64. The van der Waals surface area contributed by atoms with Crippen LogP contribution in [0.5, 0.6) is 0 Å². The number of hydrogen-bond donors (Lipinski definition) is 1. The Labute approximate surface area is 141 Å². The quantitative estimate of drug-likeness (QED) is 0.938. The van der Waals surface area contributed by atoms with Crippen LogP contribution in [0.2, 0.25) is 0 Å². The zero-order valence-electron chi connectivity index (χ0n) is 14.5. The zero-order valence-corrected chi connectivity index (χ0v) is 14.5. The molecule has 1 fully saturated rings. The summed E-state index contributed by atoms with van der Waals surface area (Å²) in [6.07, 6.45) is 2.08. The average Bonchev–Trinajstić information content (AvgIpc) is 3.00. The van der Waals surface area contributed by atoms with E-state index in [-0.39, 0.29) is 17.6 Å². The summed E-state index contributed by atoms with van der Waals surface area (Å²) >= 11 is 0. The molecule has 1 aromatic heterocycles. The van der Waals surface area contributed by atoms with Crippen LogP contribution in [0.25, 0.3) is 10.9 Å². The van der Waals surface area contributed by atoms with E-state index in [4.69, 9.17) is 4.74 Å². The molecule has 24 heavy (non-hydrogen) atoms. The fourth-order valence-electron chi connectivity index (χ4n) is 3.38. The lowest BCUT2D eigenvalue weighted by atomic mass is 10.0. The number of aryl methyl sites for hydroxylation is 2. The van der Waals surface area contributed by atoms with Gasteiger partial charge in [-0.1, -0.05) is 6.07 Å². The van der Waals surface area contributed by atoms with Gasteiger partial charge in [0.15, 0.2) is 0 Å². The predicted octanol–water partition coefficient (Wildman–Crippen LogP) is 2.67. The molecule has 0 spiro atoms. The molecule has 0 bridgehead atoms. The highest BCUT2D eigenvalue weighted by Crippen LogP contribution is 2.20. The number of carbonyl (C=O) groups is 1. The van der Waals surface area contributed by atoms with Crippen LogP contribution in [0.4, 0.5) is 0 Å². The van der Waals surface area contributed by atoms with Crippen LogP contribution < -0.4 is 5.56 Å². The minimum absolute atomic E-state index is 0.0365. The first-order valence-corrected chi connectivity index (χ1v) is 8.44. The number of aromatic nitrogens is 1. The van der Waals surface area contributed by atoms with E-state index in [1.807, 2.05) is 26.0 Å². The maximum atomic E-state index is 12.4. The Bertz CT molecular complexity index is 819. The molecule has 5 nitrogen and oxygen atoms in total. The minimum Gasteiger partial charge on any atom is -0.376 e. The molecule has 0 aliphatic carbocycles. The van der Waals surface area contributed by atoms with Gasteiger partial charge in [-0.3, -0.25) is 9.59 Å². The van der Waals surface area contributed by atoms with Gasteiger partial charge in [-0.05, 0) is 49.9 Å². The van der Waals surface area contributed by atoms with Crippen LogP contribution in [-0.4, -0.2) is 35.0 Å². The van der Waals surface area contributed by atoms with E-state index >= 15 is 0 Å². The van der Waals surface area contributed by atoms with Crippen molar-refractivity contribution in [3.8, 4) is 0 Å². The predicted molar refractivity (Wildman–Crippen MR) is 94.1 cm³/mol. The van der Waals surface area contributed by atoms with Gasteiger partial charge in [0.05, 0.1) is 12.6 Å². The van der Waals surface area contributed by atoms with Gasteiger partial charge in [-0.25, -0.2) is 0 Å². The Morgan fingerprint density at radius 1 is 1.33 bits per heavy atom. The lowest BCUT2D eigenvalue weighted by Gasteiger charge is -2.24. The van der Waals surface area contributed by atoms with E-state index in [1.54, 1.807) is 11.8 Å². The van der Waals surface area contributed by atoms with Crippen molar-refractivity contribution in [3.05, 3.63) is 45.2 Å². The SMILES string of the molecule is CC(=O)N(Cc1cc2c(C)cc(C)cc2[nH]c1=O)C[C@H]1CCCO1. The Kier molecular flexibility index (Phi) is 4.71. The van der Waals surface area contributed by atoms with E-state index in [0.29, 0.717) is 18.7 Å². The monoisotopic (exact) mass is 328 g/mol. The number of H-pyrrole nitrogens is 1. The van der Waals surface area contributed by atoms with Crippen molar-refractivity contribution < 1.29 is 9.53 Å². The number of rotatable bonds is 4. The van der Waals surface area contributed by atoms with Crippen molar-refractivity contribution >= 4 is 16.8 Å². The third kappa shape index (κ3) is 3.51. The summed E-state index contributed by atoms with van der Waals surface area (Å²) in [5.41, 5.74) is 3.56. The van der Waals surface area contributed by atoms with Crippen molar-refractivity contribution in [1.82, 2.24) is 9.88 Å². The summed E-state index contributed by atoms with van der Waals surface area (Å²) in [5.74, 6) is -0.0365. The van der Waals surface area contributed by atoms with E-state index in [0.717, 1.165) is 41.5 Å². The summed E-state index contributed by atoms with van der Waals surface area (Å²) in [6.45, 7) is 7.20. The molecule has 128 valence electrons. The van der Waals surface area contributed by atoms with Crippen LogP contribution in [0.3, 0.4) is 0 Å². The fourth-order valence-corrected chi connectivity index (χ4v) is 3.38. The minimum atomic E-state index is -0.133. The number of carbonyl (C=O) groups excluding carboxylic acids is 1. The molecule has 1 saturated heterocycles. The number of hydrogen-bond acceptors (Lipinski definition) is 3. The van der Waals surface area contributed by atoms with Crippen molar-refractivity contribution in [3.63, 3.8) is 0 Å². The van der Waals surface area contributed by atoms with Crippen molar-refractivity contribution in [2.75, 3.05) is 13.2 Å². The van der Waals surface area contributed by atoms with Crippen LogP contribution >= 0.6 is 0 Å². The smallest absolute Gasteiger partial charge is 0.253 e. The molecule has 2 aromatic rings. The molecule has 1 amide bonds. The lowest BCUT2D eigenvalue weighted by molar-refractivity contribution is -0.131. The van der Waals surface area contributed by atoms with Crippen molar-refractivity contribution in [1.29, 1.82) is 0 Å². The van der Waals surface area contributed by atoms with Gasteiger partial charge in [-0.2, -0.15) is 0 Å². The van der Waals surface area contributed by atoms with E-state index in [2.05, 4.69) is 11.1 Å². The van der Waals surface area contributed by atoms with Crippen molar-refractivity contribution in [2.45, 2.75) is 46.3 Å². The molecule has 1 N–H and O–H groups in total.